The molecule has 1 aromatic rings. The van der Waals surface area contributed by atoms with Crippen LogP contribution >= 0.6 is 0 Å². The molecule has 2 heteroatoms. The highest BCUT2D eigenvalue weighted by Gasteiger charge is 2.26. The normalized spacial score (nSPS) is 12.1. The average molecular weight is 248 g/mol. The van der Waals surface area contributed by atoms with Crippen molar-refractivity contribution in [3.05, 3.63) is 17.7 Å². The lowest BCUT2D eigenvalue weighted by molar-refractivity contribution is 0.465. The smallest absolute Gasteiger partial charge is 0.177 e. The van der Waals surface area contributed by atoms with E-state index in [1.807, 2.05) is 6.07 Å². The molecule has 0 atom stereocenters. The van der Waals surface area contributed by atoms with Crippen LogP contribution in [0, 0.1) is 0 Å². The molecule has 1 aromatic carbocycles. The maximum absolute atomic E-state index is 9.74. The topological polar surface area (TPSA) is 32.8 Å². The van der Waals surface area contributed by atoms with E-state index >= 15 is 0 Å². The number of fused-ring (bicyclic) bond motifs is 1. The third-order valence-electron chi connectivity index (χ3n) is 3.65. The Balaban J connectivity index is 1.56. The molecule has 0 fully saturated rings. The lowest BCUT2D eigenvalue weighted by Crippen LogP contribution is -1.86. The predicted molar refractivity (Wildman–Crippen MR) is 74.5 cm³/mol. The number of hydrogen-bond acceptors (Lipinski definition) is 2. The molecule has 0 saturated heterocycles. The summed E-state index contributed by atoms with van der Waals surface area (Å²) in [4.78, 5) is 0. The molecule has 0 radical (unpaired) electrons. The van der Waals surface area contributed by atoms with Crippen molar-refractivity contribution in [2.75, 3.05) is 0 Å². The number of rotatable bonds is 9. The van der Waals surface area contributed by atoms with E-state index in [4.69, 9.17) is 4.74 Å². The number of hydrogen-bond donors (Lipinski definition) is 1. The maximum atomic E-state index is 9.74. The summed E-state index contributed by atoms with van der Waals surface area (Å²) in [6.07, 6.45) is 11.5. The Morgan fingerprint density at radius 1 is 0.944 bits per heavy atom. The van der Waals surface area contributed by atoms with Crippen molar-refractivity contribution in [3.8, 4) is 17.2 Å². The Hall–Kier alpha value is -1.18. The first-order valence-electron chi connectivity index (χ1n) is 7.35. The Kier molecular flexibility index (Phi) is 4.91. The van der Waals surface area contributed by atoms with Crippen LogP contribution in [0.15, 0.2) is 12.1 Å². The minimum atomic E-state index is 0.397. The van der Waals surface area contributed by atoms with Crippen LogP contribution in [-0.4, -0.2) is 5.11 Å². The highest BCUT2D eigenvalue weighted by atomic mass is 16.6. The molecular formula is C16H24O2. The Morgan fingerprint density at radius 2 is 1.61 bits per heavy atom. The molecule has 1 aliphatic rings. The molecule has 0 aromatic heterocycles. The van der Waals surface area contributed by atoms with Crippen molar-refractivity contribution in [2.45, 2.75) is 64.7 Å². The van der Waals surface area contributed by atoms with Gasteiger partial charge in [0.15, 0.2) is 11.5 Å². The van der Waals surface area contributed by atoms with Gasteiger partial charge in [0.25, 0.3) is 0 Å². The van der Waals surface area contributed by atoms with Crippen molar-refractivity contribution in [1.82, 2.24) is 0 Å². The van der Waals surface area contributed by atoms with Crippen molar-refractivity contribution >= 4 is 0 Å². The van der Waals surface area contributed by atoms with Gasteiger partial charge in [-0.2, -0.15) is 0 Å². The maximum Gasteiger partial charge on any atom is 0.177 e. The number of phenols is 1. The van der Waals surface area contributed by atoms with Crippen molar-refractivity contribution in [2.24, 2.45) is 0 Å². The summed E-state index contributed by atoms with van der Waals surface area (Å²) in [5, 5.41) is 9.74. The van der Waals surface area contributed by atoms with Gasteiger partial charge in [-0.1, -0.05) is 51.9 Å². The van der Waals surface area contributed by atoms with Crippen molar-refractivity contribution in [3.63, 3.8) is 0 Å². The van der Waals surface area contributed by atoms with Crippen LogP contribution in [0.4, 0.5) is 0 Å². The van der Waals surface area contributed by atoms with Gasteiger partial charge in [0.1, 0.15) is 5.75 Å². The monoisotopic (exact) mass is 248 g/mol. The fraction of sp³-hybridized carbons (Fsp3) is 0.625. The summed E-state index contributed by atoms with van der Waals surface area (Å²) < 4.78 is 5.31. The molecular weight excluding hydrogens is 224 g/mol. The summed E-state index contributed by atoms with van der Waals surface area (Å²) >= 11 is 0. The minimum absolute atomic E-state index is 0.397. The third kappa shape index (κ3) is 3.66. The number of phenolic OH excluding ortho intramolecular Hbond substituents is 1. The average Bonchev–Trinajstić information content (AvgIpc) is 3.14. The molecule has 1 heterocycles. The zero-order valence-corrected chi connectivity index (χ0v) is 11.4. The molecule has 1 aliphatic heterocycles. The Bertz CT molecular complexity index is 381. The molecule has 0 amide bonds. The van der Waals surface area contributed by atoms with Crippen molar-refractivity contribution < 1.29 is 9.84 Å². The van der Waals surface area contributed by atoms with Crippen LogP contribution in [0.25, 0.3) is 0 Å². The van der Waals surface area contributed by atoms with Gasteiger partial charge in [-0.3, -0.25) is 0 Å². The summed E-state index contributed by atoms with van der Waals surface area (Å²) in [5.74, 6) is 2.27. The van der Waals surface area contributed by atoms with Gasteiger partial charge >= 0.3 is 0 Å². The summed E-state index contributed by atoms with van der Waals surface area (Å²) in [6.45, 7) is 2.25. The van der Waals surface area contributed by atoms with E-state index < -0.39 is 0 Å². The first-order valence-corrected chi connectivity index (χ1v) is 7.35. The molecule has 2 nitrogen and oxygen atoms in total. The molecule has 0 unspecified atom stereocenters. The molecule has 18 heavy (non-hydrogen) atoms. The van der Waals surface area contributed by atoms with Gasteiger partial charge < -0.3 is 9.84 Å². The SMILES string of the molecule is CCCCCCCCCCc1c(O)ccc2c1O2. The van der Waals surface area contributed by atoms with Gasteiger partial charge in [0, 0.05) is 5.56 Å². The van der Waals surface area contributed by atoms with Crippen LogP contribution in [0.1, 0.15) is 63.9 Å². The molecule has 0 bridgehead atoms. The highest BCUT2D eigenvalue weighted by Crippen LogP contribution is 2.51. The largest absolute Gasteiger partial charge is 0.508 e. The van der Waals surface area contributed by atoms with E-state index in [1.54, 1.807) is 6.07 Å². The molecule has 1 N–H and O–H groups in total. The van der Waals surface area contributed by atoms with Crippen molar-refractivity contribution in [1.29, 1.82) is 0 Å². The van der Waals surface area contributed by atoms with Crippen LogP contribution in [-0.2, 0) is 6.42 Å². The Morgan fingerprint density at radius 3 is 2.33 bits per heavy atom. The van der Waals surface area contributed by atoms with Crippen LogP contribution < -0.4 is 4.74 Å². The molecule has 0 spiro atoms. The molecule has 0 aliphatic carbocycles. The highest BCUT2D eigenvalue weighted by molar-refractivity contribution is 5.63. The second kappa shape index (κ2) is 6.67. The van der Waals surface area contributed by atoms with Gasteiger partial charge in [0.2, 0.25) is 0 Å². The van der Waals surface area contributed by atoms with Crippen LogP contribution in [0.3, 0.4) is 0 Å². The van der Waals surface area contributed by atoms with E-state index in [0.717, 1.165) is 29.9 Å². The number of benzene rings is 1. The fourth-order valence-electron chi connectivity index (χ4n) is 2.45. The molecule has 2 rings (SSSR count). The standard InChI is InChI=1S/C16H24O2/c1-2-3-4-5-6-7-8-9-10-13-14(17)11-12-15-16(13)18-15/h11-12,17H,2-10H2,1H3. The van der Waals surface area contributed by atoms with E-state index in [-0.39, 0.29) is 0 Å². The van der Waals surface area contributed by atoms with E-state index in [2.05, 4.69) is 6.92 Å². The Labute approximate surface area is 110 Å². The summed E-state index contributed by atoms with van der Waals surface area (Å²) in [6, 6.07) is 3.58. The molecule has 100 valence electrons. The zero-order valence-electron chi connectivity index (χ0n) is 11.4. The van der Waals surface area contributed by atoms with Gasteiger partial charge in [-0.15, -0.1) is 0 Å². The quantitative estimate of drug-likeness (QED) is 0.490. The number of unbranched alkanes of at least 4 members (excludes halogenated alkanes) is 7. The number of aromatic hydroxyl groups is 1. The minimum Gasteiger partial charge on any atom is -0.508 e. The van der Waals surface area contributed by atoms with Gasteiger partial charge in [-0.05, 0) is 25.0 Å². The van der Waals surface area contributed by atoms with Crippen LogP contribution in [0.2, 0.25) is 0 Å². The van der Waals surface area contributed by atoms with E-state index in [1.165, 1.54) is 44.9 Å². The third-order valence-corrected chi connectivity index (χ3v) is 3.65. The summed E-state index contributed by atoms with van der Waals surface area (Å²) in [7, 11) is 0. The predicted octanol–water partition coefficient (Wildman–Crippen LogP) is 5.18. The van der Waals surface area contributed by atoms with Gasteiger partial charge in [0.05, 0.1) is 0 Å². The second-order valence-electron chi connectivity index (χ2n) is 5.22. The summed E-state index contributed by atoms with van der Waals surface area (Å²) in [5.41, 5.74) is 1.01. The molecule has 0 saturated carbocycles. The van der Waals surface area contributed by atoms with Crippen LogP contribution in [0.5, 0.6) is 17.2 Å². The second-order valence-corrected chi connectivity index (χ2v) is 5.22. The van der Waals surface area contributed by atoms with Gasteiger partial charge in [-0.25, -0.2) is 0 Å². The first kappa shape index (κ1) is 13.3. The number of ether oxygens (including phenoxy) is 1. The first-order chi connectivity index (χ1) is 8.83. The van der Waals surface area contributed by atoms with E-state index in [9.17, 15) is 5.11 Å². The lowest BCUT2D eigenvalue weighted by Gasteiger charge is -2.02. The van der Waals surface area contributed by atoms with E-state index in [0.29, 0.717) is 5.75 Å². The lowest BCUT2D eigenvalue weighted by atomic mass is 10.0. The fourth-order valence-corrected chi connectivity index (χ4v) is 2.45. The zero-order chi connectivity index (χ0) is 12.8.